The summed E-state index contributed by atoms with van der Waals surface area (Å²) in [6.07, 6.45) is 1.65. The van der Waals surface area contributed by atoms with Crippen LogP contribution in [0.2, 0.25) is 0 Å². The van der Waals surface area contributed by atoms with Crippen molar-refractivity contribution in [1.82, 2.24) is 9.38 Å². The molecule has 0 unspecified atom stereocenters. The lowest BCUT2D eigenvalue weighted by atomic mass is 10.1. The molecule has 0 bridgehead atoms. The summed E-state index contributed by atoms with van der Waals surface area (Å²) >= 11 is 0. The highest BCUT2D eigenvalue weighted by Gasteiger charge is 2.08. The molecule has 1 aromatic carbocycles. The van der Waals surface area contributed by atoms with Crippen LogP contribution in [0.3, 0.4) is 0 Å². The van der Waals surface area contributed by atoms with Gasteiger partial charge in [0.05, 0.1) is 5.69 Å². The molecule has 27 heavy (non-hydrogen) atoms. The molecular weight excluding hydrogens is 348 g/mol. The third kappa shape index (κ3) is 4.58. The quantitative estimate of drug-likeness (QED) is 0.492. The molecule has 0 amide bonds. The third-order valence-electron chi connectivity index (χ3n) is 3.87. The first-order chi connectivity index (χ1) is 12.9. The van der Waals surface area contributed by atoms with Crippen molar-refractivity contribution in [3.05, 3.63) is 75.8 Å². The van der Waals surface area contributed by atoms with E-state index in [9.17, 15) is 14.4 Å². The zero-order chi connectivity index (χ0) is 19.4. The summed E-state index contributed by atoms with van der Waals surface area (Å²) in [4.78, 5) is 39.5. The second-order valence-electron chi connectivity index (χ2n) is 6.05. The summed E-state index contributed by atoms with van der Waals surface area (Å²) in [6.45, 7) is 2.97. The second-order valence-corrected chi connectivity index (χ2v) is 6.05. The Bertz CT molecular complexity index is 1050. The Morgan fingerprint density at radius 3 is 2.56 bits per heavy atom. The molecular formula is C20H18N2O5. The van der Waals surface area contributed by atoms with Gasteiger partial charge < -0.3 is 9.47 Å². The highest BCUT2D eigenvalue weighted by atomic mass is 16.6. The van der Waals surface area contributed by atoms with E-state index < -0.39 is 5.97 Å². The number of benzene rings is 1. The first kappa shape index (κ1) is 18.3. The first-order valence-corrected chi connectivity index (χ1v) is 8.31. The van der Waals surface area contributed by atoms with Gasteiger partial charge in [0, 0.05) is 17.8 Å². The van der Waals surface area contributed by atoms with Gasteiger partial charge in [-0.25, -0.2) is 9.78 Å². The number of carbonyl (C=O) groups excluding carboxylic acids is 2. The third-order valence-corrected chi connectivity index (χ3v) is 3.87. The zero-order valence-electron chi connectivity index (χ0n) is 15.0. The van der Waals surface area contributed by atoms with Crippen LogP contribution >= 0.6 is 0 Å². The van der Waals surface area contributed by atoms with E-state index in [-0.39, 0.29) is 24.6 Å². The molecule has 2 aromatic heterocycles. The van der Waals surface area contributed by atoms with E-state index in [4.69, 9.17) is 9.47 Å². The van der Waals surface area contributed by atoms with Gasteiger partial charge >= 0.3 is 5.97 Å². The van der Waals surface area contributed by atoms with Crippen LogP contribution in [0.15, 0.2) is 53.5 Å². The van der Waals surface area contributed by atoms with Crippen LogP contribution < -0.4 is 10.3 Å². The van der Waals surface area contributed by atoms with Gasteiger partial charge in [0.2, 0.25) is 0 Å². The van der Waals surface area contributed by atoms with Crippen LogP contribution in [0.1, 0.15) is 28.5 Å². The standard InChI is InChI=1S/C20H18N2O5/c1-13-7-8-22-18(9-13)21-16(10-19(22)24)11-27-20(25)12-26-17-5-3-15(4-6-17)14(2)23/h3-10H,11-12H2,1-2H3. The summed E-state index contributed by atoms with van der Waals surface area (Å²) in [6, 6.07) is 11.4. The lowest BCUT2D eigenvalue weighted by Crippen LogP contribution is -2.18. The molecule has 3 aromatic rings. The number of fused-ring (bicyclic) bond motifs is 1. The molecule has 0 saturated heterocycles. The smallest absolute Gasteiger partial charge is 0.344 e. The van der Waals surface area contributed by atoms with Crippen molar-refractivity contribution < 1.29 is 19.1 Å². The van der Waals surface area contributed by atoms with Gasteiger partial charge in [0.1, 0.15) is 18.0 Å². The van der Waals surface area contributed by atoms with Gasteiger partial charge in [0.25, 0.3) is 5.56 Å². The fourth-order valence-electron chi connectivity index (χ4n) is 2.45. The van der Waals surface area contributed by atoms with E-state index in [2.05, 4.69) is 4.98 Å². The van der Waals surface area contributed by atoms with E-state index in [0.29, 0.717) is 22.7 Å². The SMILES string of the molecule is CC(=O)c1ccc(OCC(=O)OCc2cc(=O)n3ccc(C)cc3n2)cc1. The van der Waals surface area contributed by atoms with E-state index in [0.717, 1.165) is 5.56 Å². The molecule has 2 heterocycles. The largest absolute Gasteiger partial charge is 0.482 e. The number of carbonyl (C=O) groups is 2. The maximum atomic E-state index is 12.1. The van der Waals surface area contributed by atoms with Gasteiger partial charge in [-0.1, -0.05) is 0 Å². The van der Waals surface area contributed by atoms with E-state index >= 15 is 0 Å². The predicted molar refractivity (Wildman–Crippen MR) is 97.9 cm³/mol. The summed E-state index contributed by atoms with van der Waals surface area (Å²) in [5.74, 6) is -0.179. The predicted octanol–water partition coefficient (Wildman–Crippen LogP) is 2.33. The molecule has 0 aliphatic carbocycles. The van der Waals surface area contributed by atoms with E-state index in [1.165, 1.54) is 17.4 Å². The average Bonchev–Trinajstić information content (AvgIpc) is 2.64. The normalized spacial score (nSPS) is 10.6. The first-order valence-electron chi connectivity index (χ1n) is 8.31. The number of ketones is 1. The van der Waals surface area contributed by atoms with Crippen molar-refractivity contribution in [2.75, 3.05) is 6.61 Å². The number of Topliss-reactive ketones (excluding diaryl/α,β-unsaturated/α-hetero) is 1. The van der Waals surface area contributed by atoms with Crippen molar-refractivity contribution in [3.8, 4) is 5.75 Å². The molecule has 7 nitrogen and oxygen atoms in total. The molecule has 3 rings (SSSR count). The van der Waals surface area contributed by atoms with Gasteiger partial charge in [-0.15, -0.1) is 0 Å². The maximum Gasteiger partial charge on any atom is 0.344 e. The minimum atomic E-state index is -0.586. The number of nitrogens with zero attached hydrogens (tertiary/aromatic N) is 2. The fourth-order valence-corrected chi connectivity index (χ4v) is 2.45. The molecule has 0 saturated carbocycles. The summed E-state index contributed by atoms with van der Waals surface area (Å²) in [5.41, 5.74) is 2.15. The number of aryl methyl sites for hydroxylation is 1. The highest BCUT2D eigenvalue weighted by molar-refractivity contribution is 5.94. The minimum Gasteiger partial charge on any atom is -0.482 e. The number of rotatable bonds is 6. The van der Waals surface area contributed by atoms with Gasteiger partial charge in [0.15, 0.2) is 12.4 Å². The molecule has 7 heteroatoms. The van der Waals surface area contributed by atoms with Crippen molar-refractivity contribution in [3.63, 3.8) is 0 Å². The highest BCUT2D eigenvalue weighted by Crippen LogP contribution is 2.12. The van der Waals surface area contributed by atoms with Crippen molar-refractivity contribution in [1.29, 1.82) is 0 Å². The van der Waals surface area contributed by atoms with Gasteiger partial charge in [-0.2, -0.15) is 0 Å². The molecule has 0 aliphatic rings. The van der Waals surface area contributed by atoms with Crippen LogP contribution in [0.5, 0.6) is 5.75 Å². The van der Waals surface area contributed by atoms with Gasteiger partial charge in [-0.05, 0) is 55.8 Å². The minimum absolute atomic E-state index is 0.0463. The summed E-state index contributed by atoms with van der Waals surface area (Å²) in [7, 11) is 0. The molecule has 0 aliphatic heterocycles. The molecule has 138 valence electrons. The molecule has 0 N–H and O–H groups in total. The molecule has 0 atom stereocenters. The fraction of sp³-hybridized carbons (Fsp3) is 0.200. The lowest BCUT2D eigenvalue weighted by molar-refractivity contribution is -0.147. The number of aromatic nitrogens is 2. The maximum absolute atomic E-state index is 12.1. The molecule has 0 radical (unpaired) electrons. The Kier molecular flexibility index (Phi) is 5.30. The topological polar surface area (TPSA) is 87.0 Å². The Labute approximate surface area is 155 Å². The average molecular weight is 366 g/mol. The van der Waals surface area contributed by atoms with Crippen molar-refractivity contribution in [2.24, 2.45) is 0 Å². The lowest BCUT2D eigenvalue weighted by Gasteiger charge is -2.08. The van der Waals surface area contributed by atoms with Crippen LogP contribution in [0.25, 0.3) is 5.65 Å². The molecule has 0 fully saturated rings. The van der Waals surface area contributed by atoms with Gasteiger partial charge in [-0.3, -0.25) is 14.0 Å². The number of ether oxygens (including phenoxy) is 2. The number of pyridine rings is 1. The van der Waals surface area contributed by atoms with E-state index in [1.807, 2.05) is 13.0 Å². The van der Waals surface area contributed by atoms with Crippen LogP contribution in [-0.4, -0.2) is 27.7 Å². The number of hydrogen-bond donors (Lipinski definition) is 0. The van der Waals surface area contributed by atoms with Crippen LogP contribution in [-0.2, 0) is 16.1 Å². The Balaban J connectivity index is 1.58. The summed E-state index contributed by atoms with van der Waals surface area (Å²) < 4.78 is 11.9. The van der Waals surface area contributed by atoms with E-state index in [1.54, 1.807) is 36.5 Å². The Morgan fingerprint density at radius 1 is 1.11 bits per heavy atom. The van der Waals surface area contributed by atoms with Crippen molar-refractivity contribution in [2.45, 2.75) is 20.5 Å². The summed E-state index contributed by atoms with van der Waals surface area (Å²) in [5, 5.41) is 0. The van der Waals surface area contributed by atoms with Crippen molar-refractivity contribution >= 4 is 17.4 Å². The number of esters is 1. The molecule has 0 spiro atoms. The number of hydrogen-bond acceptors (Lipinski definition) is 6. The monoisotopic (exact) mass is 366 g/mol. The Morgan fingerprint density at radius 2 is 1.85 bits per heavy atom. The van der Waals surface area contributed by atoms with Crippen LogP contribution in [0.4, 0.5) is 0 Å². The zero-order valence-corrected chi connectivity index (χ0v) is 15.0. The van der Waals surface area contributed by atoms with Crippen LogP contribution in [0, 0.1) is 6.92 Å². The second kappa shape index (κ2) is 7.82. The Hall–Kier alpha value is -3.48.